The molecule has 1 N–H and O–H groups in total. The van der Waals surface area contributed by atoms with Gasteiger partial charge in [-0.2, -0.15) is 0 Å². The number of aliphatic hydroxyl groups is 1. The molecule has 0 saturated heterocycles. The molecule has 20 heavy (non-hydrogen) atoms. The number of aromatic nitrogens is 2. The number of aliphatic hydroxyl groups excluding tert-OH is 1. The Morgan fingerprint density at radius 2 is 2.10 bits per heavy atom. The second kappa shape index (κ2) is 7.22. The van der Waals surface area contributed by atoms with E-state index in [0.717, 1.165) is 5.16 Å². The van der Waals surface area contributed by atoms with Crippen LogP contribution in [0.2, 0.25) is 10.0 Å². The lowest BCUT2D eigenvalue weighted by Crippen LogP contribution is -2.20. The number of benzene rings is 1. The summed E-state index contributed by atoms with van der Waals surface area (Å²) in [7, 11) is 1.90. The normalized spacial score (nSPS) is 12.4. The van der Waals surface area contributed by atoms with Gasteiger partial charge in [-0.1, -0.05) is 41.0 Å². The summed E-state index contributed by atoms with van der Waals surface area (Å²) in [5, 5.41) is 11.6. The molecule has 7 heteroatoms. The standard InChI is InChI=1S/C13H14Cl2N2O2S/c1-17-6-5-16-13(17)20-8-9(18)7-19-12-10(14)3-2-4-11(12)15/h2-6,9,18H,7-8H2,1H3. The van der Waals surface area contributed by atoms with Crippen molar-refractivity contribution in [2.45, 2.75) is 11.3 Å². The molecule has 0 aliphatic carbocycles. The summed E-state index contributed by atoms with van der Waals surface area (Å²) in [6.45, 7) is 0.126. The van der Waals surface area contributed by atoms with Crippen molar-refractivity contribution in [3.8, 4) is 5.75 Å². The van der Waals surface area contributed by atoms with Crippen molar-refractivity contribution in [3.05, 3.63) is 40.6 Å². The van der Waals surface area contributed by atoms with Gasteiger partial charge < -0.3 is 14.4 Å². The average Bonchev–Trinajstić information content (AvgIpc) is 2.81. The third kappa shape index (κ3) is 4.06. The summed E-state index contributed by atoms with van der Waals surface area (Å²) in [5.74, 6) is 0.879. The minimum absolute atomic E-state index is 0.126. The fourth-order valence-corrected chi connectivity index (χ4v) is 2.85. The summed E-state index contributed by atoms with van der Waals surface area (Å²) in [5.41, 5.74) is 0. The smallest absolute Gasteiger partial charge is 0.167 e. The summed E-state index contributed by atoms with van der Waals surface area (Å²) >= 11 is 13.4. The molecule has 1 aromatic heterocycles. The summed E-state index contributed by atoms with van der Waals surface area (Å²) in [6, 6.07) is 5.13. The molecule has 0 bridgehead atoms. The van der Waals surface area contributed by atoms with E-state index in [1.54, 1.807) is 24.4 Å². The van der Waals surface area contributed by atoms with Gasteiger partial charge in [0, 0.05) is 25.2 Å². The van der Waals surface area contributed by atoms with Gasteiger partial charge in [0.1, 0.15) is 6.61 Å². The topological polar surface area (TPSA) is 47.3 Å². The first-order valence-corrected chi connectivity index (χ1v) is 7.67. The quantitative estimate of drug-likeness (QED) is 0.825. The van der Waals surface area contributed by atoms with Crippen LogP contribution in [0.15, 0.2) is 35.7 Å². The third-order valence-electron chi connectivity index (χ3n) is 2.52. The van der Waals surface area contributed by atoms with Crippen molar-refractivity contribution in [3.63, 3.8) is 0 Å². The second-order valence-electron chi connectivity index (χ2n) is 4.15. The first-order chi connectivity index (χ1) is 9.58. The number of imidazole rings is 1. The molecule has 1 aromatic carbocycles. The van der Waals surface area contributed by atoms with Gasteiger partial charge in [-0.3, -0.25) is 0 Å². The highest BCUT2D eigenvalue weighted by Gasteiger charge is 2.12. The lowest BCUT2D eigenvalue weighted by molar-refractivity contribution is 0.126. The van der Waals surface area contributed by atoms with Crippen LogP contribution < -0.4 is 4.74 Å². The molecular weight excluding hydrogens is 319 g/mol. The Balaban J connectivity index is 1.83. The van der Waals surface area contributed by atoms with E-state index in [1.807, 2.05) is 17.8 Å². The van der Waals surface area contributed by atoms with Crippen molar-refractivity contribution >= 4 is 35.0 Å². The molecule has 0 radical (unpaired) electrons. The van der Waals surface area contributed by atoms with Crippen LogP contribution in [0, 0.1) is 0 Å². The zero-order valence-corrected chi connectivity index (χ0v) is 13.1. The lowest BCUT2D eigenvalue weighted by atomic mass is 10.3. The minimum atomic E-state index is -0.635. The minimum Gasteiger partial charge on any atom is -0.488 e. The van der Waals surface area contributed by atoms with Crippen molar-refractivity contribution in [1.82, 2.24) is 9.55 Å². The molecular formula is C13H14Cl2N2O2S. The van der Waals surface area contributed by atoms with Crippen LogP contribution in [0.4, 0.5) is 0 Å². The SMILES string of the molecule is Cn1ccnc1SCC(O)COc1c(Cl)cccc1Cl. The fourth-order valence-electron chi connectivity index (χ4n) is 1.51. The van der Waals surface area contributed by atoms with Gasteiger partial charge in [0.05, 0.1) is 16.1 Å². The number of rotatable bonds is 6. The number of halogens is 2. The van der Waals surface area contributed by atoms with E-state index in [2.05, 4.69) is 4.98 Å². The van der Waals surface area contributed by atoms with Crippen LogP contribution in [0.5, 0.6) is 5.75 Å². The van der Waals surface area contributed by atoms with Gasteiger partial charge in [0.15, 0.2) is 10.9 Å². The third-order valence-corrected chi connectivity index (χ3v) is 4.32. The highest BCUT2D eigenvalue weighted by molar-refractivity contribution is 7.99. The van der Waals surface area contributed by atoms with Gasteiger partial charge in [0.25, 0.3) is 0 Å². The predicted molar refractivity (Wildman–Crippen MR) is 81.9 cm³/mol. The fraction of sp³-hybridized carbons (Fsp3) is 0.308. The average molecular weight is 333 g/mol. The van der Waals surface area contributed by atoms with Gasteiger partial charge in [-0.05, 0) is 12.1 Å². The predicted octanol–water partition coefficient (Wildman–Crippen LogP) is 3.26. The Morgan fingerprint density at radius 1 is 1.40 bits per heavy atom. The summed E-state index contributed by atoms with van der Waals surface area (Å²) in [6.07, 6.45) is 2.94. The Morgan fingerprint density at radius 3 is 2.70 bits per heavy atom. The number of para-hydroxylation sites is 1. The second-order valence-corrected chi connectivity index (χ2v) is 5.95. The van der Waals surface area contributed by atoms with E-state index in [9.17, 15) is 5.11 Å². The Labute approximate surface area is 131 Å². The first-order valence-electron chi connectivity index (χ1n) is 5.93. The van der Waals surface area contributed by atoms with Crippen LogP contribution in [0.3, 0.4) is 0 Å². The number of nitrogens with zero attached hydrogens (tertiary/aromatic N) is 2. The number of ether oxygens (including phenoxy) is 1. The van der Waals surface area contributed by atoms with E-state index in [0.29, 0.717) is 21.5 Å². The van der Waals surface area contributed by atoms with E-state index in [1.165, 1.54) is 11.8 Å². The Kier molecular flexibility index (Phi) is 5.60. The summed E-state index contributed by atoms with van der Waals surface area (Å²) in [4.78, 5) is 4.17. The lowest BCUT2D eigenvalue weighted by Gasteiger charge is -2.13. The van der Waals surface area contributed by atoms with Crippen molar-refractivity contribution in [2.24, 2.45) is 7.05 Å². The maximum atomic E-state index is 9.91. The largest absolute Gasteiger partial charge is 0.488 e. The molecule has 1 heterocycles. The van der Waals surface area contributed by atoms with Gasteiger partial charge in [-0.15, -0.1) is 0 Å². The van der Waals surface area contributed by atoms with Crippen molar-refractivity contribution < 1.29 is 9.84 Å². The monoisotopic (exact) mass is 332 g/mol. The molecule has 0 aliphatic rings. The number of hydrogen-bond donors (Lipinski definition) is 1. The van der Waals surface area contributed by atoms with Gasteiger partial charge in [0.2, 0.25) is 0 Å². The zero-order chi connectivity index (χ0) is 14.5. The zero-order valence-electron chi connectivity index (χ0n) is 10.8. The molecule has 0 spiro atoms. The van der Waals surface area contributed by atoms with E-state index >= 15 is 0 Å². The molecule has 108 valence electrons. The number of hydrogen-bond acceptors (Lipinski definition) is 4. The molecule has 0 aliphatic heterocycles. The Hall–Kier alpha value is -0.880. The first kappa shape index (κ1) is 15.5. The highest BCUT2D eigenvalue weighted by Crippen LogP contribution is 2.32. The van der Waals surface area contributed by atoms with Gasteiger partial charge in [-0.25, -0.2) is 4.98 Å². The maximum Gasteiger partial charge on any atom is 0.167 e. The molecule has 0 fully saturated rings. The van der Waals surface area contributed by atoms with Crippen LogP contribution in [-0.2, 0) is 7.05 Å². The van der Waals surface area contributed by atoms with Crippen LogP contribution in [0.1, 0.15) is 0 Å². The van der Waals surface area contributed by atoms with Crippen LogP contribution in [-0.4, -0.2) is 33.1 Å². The van der Waals surface area contributed by atoms with Crippen LogP contribution in [0.25, 0.3) is 0 Å². The molecule has 0 saturated carbocycles. The van der Waals surface area contributed by atoms with E-state index in [-0.39, 0.29) is 6.61 Å². The maximum absolute atomic E-state index is 9.91. The number of aryl methyl sites for hydroxylation is 1. The molecule has 1 unspecified atom stereocenters. The van der Waals surface area contributed by atoms with Gasteiger partial charge >= 0.3 is 0 Å². The molecule has 0 amide bonds. The molecule has 1 atom stereocenters. The van der Waals surface area contributed by atoms with Crippen molar-refractivity contribution in [1.29, 1.82) is 0 Å². The van der Waals surface area contributed by atoms with Crippen LogP contribution >= 0.6 is 35.0 Å². The Bertz CT molecular complexity index is 557. The molecule has 2 aromatic rings. The number of thioether (sulfide) groups is 1. The van der Waals surface area contributed by atoms with Crippen molar-refractivity contribution in [2.75, 3.05) is 12.4 Å². The molecule has 4 nitrogen and oxygen atoms in total. The van der Waals surface area contributed by atoms with E-state index < -0.39 is 6.10 Å². The molecule has 2 rings (SSSR count). The van der Waals surface area contributed by atoms with E-state index in [4.69, 9.17) is 27.9 Å². The highest BCUT2D eigenvalue weighted by atomic mass is 35.5. The summed E-state index contributed by atoms with van der Waals surface area (Å²) < 4.78 is 7.37.